The lowest BCUT2D eigenvalue weighted by molar-refractivity contribution is 0.0973. The third-order valence-corrected chi connectivity index (χ3v) is 3.62. The predicted octanol–water partition coefficient (Wildman–Crippen LogP) is 4.29. The molecular weight excluding hydrogens is 215 g/mol. The van der Waals surface area contributed by atoms with Crippen LogP contribution in [-0.4, -0.2) is 5.78 Å². The lowest BCUT2D eigenvalue weighted by Crippen LogP contribution is -2.03. The summed E-state index contributed by atoms with van der Waals surface area (Å²) >= 11 is 0. The molecule has 1 aromatic rings. The first kappa shape index (κ1) is 12.3. The van der Waals surface area contributed by atoms with Gasteiger partial charge in [0, 0.05) is 12.0 Å². The average Bonchev–Trinajstić information content (AvgIpc) is 2.77. The van der Waals surface area contributed by atoms with E-state index in [1.54, 1.807) is 6.07 Å². The summed E-state index contributed by atoms with van der Waals surface area (Å²) in [5, 5.41) is 0. The summed E-state index contributed by atoms with van der Waals surface area (Å²) in [6, 6.07) is 4.58. The SMILES string of the molecule is Cc1cc(F)cc(C(=O)CCC2CCCC2)c1. The highest BCUT2D eigenvalue weighted by Gasteiger charge is 2.17. The van der Waals surface area contributed by atoms with Crippen LogP contribution in [0.1, 0.15) is 54.4 Å². The highest BCUT2D eigenvalue weighted by Crippen LogP contribution is 2.29. The molecule has 0 N–H and O–H groups in total. The van der Waals surface area contributed by atoms with Crippen LogP contribution < -0.4 is 0 Å². The first-order chi connectivity index (χ1) is 8.15. The monoisotopic (exact) mass is 234 g/mol. The van der Waals surface area contributed by atoms with E-state index in [0.29, 0.717) is 17.9 Å². The van der Waals surface area contributed by atoms with E-state index in [2.05, 4.69) is 0 Å². The van der Waals surface area contributed by atoms with Crippen molar-refractivity contribution in [1.82, 2.24) is 0 Å². The van der Waals surface area contributed by atoms with Crippen LogP contribution in [0, 0.1) is 18.7 Å². The van der Waals surface area contributed by atoms with Gasteiger partial charge >= 0.3 is 0 Å². The van der Waals surface area contributed by atoms with Crippen molar-refractivity contribution >= 4 is 5.78 Å². The van der Waals surface area contributed by atoms with Gasteiger partial charge < -0.3 is 0 Å². The molecule has 1 aliphatic rings. The molecule has 92 valence electrons. The van der Waals surface area contributed by atoms with E-state index in [1.807, 2.05) is 6.92 Å². The summed E-state index contributed by atoms with van der Waals surface area (Å²) in [6.07, 6.45) is 6.66. The minimum absolute atomic E-state index is 0.0829. The smallest absolute Gasteiger partial charge is 0.162 e. The summed E-state index contributed by atoms with van der Waals surface area (Å²) in [5.41, 5.74) is 1.34. The fraction of sp³-hybridized carbons (Fsp3) is 0.533. The molecule has 2 rings (SSSR count). The van der Waals surface area contributed by atoms with Crippen molar-refractivity contribution in [3.05, 3.63) is 35.1 Å². The molecule has 0 heterocycles. The van der Waals surface area contributed by atoms with Crippen LogP contribution in [0.5, 0.6) is 0 Å². The van der Waals surface area contributed by atoms with Crippen LogP contribution in [0.3, 0.4) is 0 Å². The van der Waals surface area contributed by atoms with Crippen molar-refractivity contribution in [2.75, 3.05) is 0 Å². The molecule has 0 aromatic heterocycles. The van der Waals surface area contributed by atoms with Gasteiger partial charge in [-0.15, -0.1) is 0 Å². The summed E-state index contributed by atoms with van der Waals surface area (Å²) in [5.74, 6) is 0.488. The molecule has 1 saturated carbocycles. The van der Waals surface area contributed by atoms with E-state index in [0.717, 1.165) is 12.0 Å². The van der Waals surface area contributed by atoms with Gasteiger partial charge in [-0.3, -0.25) is 4.79 Å². The van der Waals surface area contributed by atoms with Crippen LogP contribution in [0.15, 0.2) is 18.2 Å². The van der Waals surface area contributed by atoms with Gasteiger partial charge in [-0.1, -0.05) is 25.7 Å². The van der Waals surface area contributed by atoms with Crippen LogP contribution in [0.4, 0.5) is 4.39 Å². The van der Waals surface area contributed by atoms with E-state index in [-0.39, 0.29) is 11.6 Å². The number of ketones is 1. The highest BCUT2D eigenvalue weighted by molar-refractivity contribution is 5.96. The lowest BCUT2D eigenvalue weighted by atomic mass is 9.97. The second-order valence-electron chi connectivity index (χ2n) is 5.13. The molecular formula is C15H19FO. The predicted molar refractivity (Wildman–Crippen MR) is 66.7 cm³/mol. The Morgan fingerprint density at radius 1 is 1.29 bits per heavy atom. The Morgan fingerprint density at radius 2 is 2.00 bits per heavy atom. The zero-order valence-electron chi connectivity index (χ0n) is 10.3. The molecule has 2 heteroatoms. The van der Waals surface area contributed by atoms with Gasteiger partial charge in [0.1, 0.15) is 5.82 Å². The van der Waals surface area contributed by atoms with Crippen LogP contribution in [-0.2, 0) is 0 Å². The Bertz CT molecular complexity index is 385. The van der Waals surface area contributed by atoms with Crippen molar-refractivity contribution in [3.63, 3.8) is 0 Å². The summed E-state index contributed by atoms with van der Waals surface area (Å²) in [6.45, 7) is 1.82. The molecule has 0 unspecified atom stereocenters. The zero-order chi connectivity index (χ0) is 12.3. The normalized spacial score (nSPS) is 16.4. The number of hydrogen-bond donors (Lipinski definition) is 0. The Morgan fingerprint density at radius 3 is 2.65 bits per heavy atom. The van der Waals surface area contributed by atoms with Gasteiger partial charge in [0.05, 0.1) is 0 Å². The number of carbonyl (C=O) groups is 1. The Hall–Kier alpha value is -1.18. The van der Waals surface area contributed by atoms with Crippen molar-refractivity contribution in [2.45, 2.75) is 45.4 Å². The van der Waals surface area contributed by atoms with Gasteiger partial charge in [-0.25, -0.2) is 4.39 Å². The fourth-order valence-corrected chi connectivity index (χ4v) is 2.68. The summed E-state index contributed by atoms with van der Waals surface area (Å²) in [4.78, 5) is 11.9. The quantitative estimate of drug-likeness (QED) is 0.710. The third-order valence-electron chi connectivity index (χ3n) is 3.62. The Balaban J connectivity index is 1.94. The van der Waals surface area contributed by atoms with Crippen molar-refractivity contribution in [1.29, 1.82) is 0 Å². The molecule has 17 heavy (non-hydrogen) atoms. The molecule has 0 atom stereocenters. The van der Waals surface area contributed by atoms with E-state index >= 15 is 0 Å². The van der Waals surface area contributed by atoms with Crippen LogP contribution in [0.2, 0.25) is 0 Å². The number of Topliss-reactive ketones (excluding diaryl/α,β-unsaturated/α-hetero) is 1. The fourth-order valence-electron chi connectivity index (χ4n) is 2.68. The zero-order valence-corrected chi connectivity index (χ0v) is 10.3. The second-order valence-corrected chi connectivity index (χ2v) is 5.13. The molecule has 0 bridgehead atoms. The minimum atomic E-state index is -0.311. The maximum absolute atomic E-state index is 13.2. The number of halogens is 1. The number of hydrogen-bond acceptors (Lipinski definition) is 1. The maximum atomic E-state index is 13.2. The van der Waals surface area contributed by atoms with Crippen molar-refractivity contribution < 1.29 is 9.18 Å². The van der Waals surface area contributed by atoms with Gasteiger partial charge in [-0.2, -0.15) is 0 Å². The number of benzene rings is 1. The topological polar surface area (TPSA) is 17.1 Å². The van der Waals surface area contributed by atoms with Gasteiger partial charge in [0.2, 0.25) is 0 Å². The van der Waals surface area contributed by atoms with Crippen molar-refractivity contribution in [2.24, 2.45) is 5.92 Å². The second kappa shape index (κ2) is 5.44. The first-order valence-corrected chi connectivity index (χ1v) is 6.45. The van der Waals surface area contributed by atoms with Gasteiger partial charge in [0.15, 0.2) is 5.78 Å². The Labute approximate surface area is 102 Å². The van der Waals surface area contributed by atoms with E-state index in [4.69, 9.17) is 0 Å². The highest BCUT2D eigenvalue weighted by atomic mass is 19.1. The average molecular weight is 234 g/mol. The minimum Gasteiger partial charge on any atom is -0.294 e. The molecule has 0 radical (unpaired) electrons. The molecule has 1 aromatic carbocycles. The molecule has 1 aliphatic carbocycles. The standard InChI is InChI=1S/C15H19FO/c1-11-8-13(10-14(16)9-11)15(17)7-6-12-4-2-3-5-12/h8-10,12H,2-7H2,1H3. The molecule has 0 spiro atoms. The van der Waals surface area contributed by atoms with E-state index in [9.17, 15) is 9.18 Å². The molecule has 1 nitrogen and oxygen atoms in total. The van der Waals surface area contributed by atoms with E-state index in [1.165, 1.54) is 37.8 Å². The molecule has 1 fully saturated rings. The molecule has 0 amide bonds. The maximum Gasteiger partial charge on any atom is 0.162 e. The number of rotatable bonds is 4. The number of carbonyl (C=O) groups excluding carboxylic acids is 1. The van der Waals surface area contributed by atoms with Crippen LogP contribution >= 0.6 is 0 Å². The summed E-state index contributed by atoms with van der Waals surface area (Å²) < 4.78 is 13.2. The van der Waals surface area contributed by atoms with Crippen LogP contribution in [0.25, 0.3) is 0 Å². The third kappa shape index (κ3) is 3.39. The van der Waals surface area contributed by atoms with Gasteiger partial charge in [-0.05, 0) is 43.0 Å². The first-order valence-electron chi connectivity index (χ1n) is 6.45. The largest absolute Gasteiger partial charge is 0.294 e. The molecule has 0 aliphatic heterocycles. The molecule has 0 saturated heterocycles. The lowest BCUT2D eigenvalue weighted by Gasteiger charge is -2.08. The van der Waals surface area contributed by atoms with Gasteiger partial charge in [0.25, 0.3) is 0 Å². The van der Waals surface area contributed by atoms with Crippen molar-refractivity contribution in [3.8, 4) is 0 Å². The number of aryl methyl sites for hydroxylation is 1. The van der Waals surface area contributed by atoms with E-state index < -0.39 is 0 Å². The Kier molecular flexibility index (Phi) is 3.93. The summed E-state index contributed by atoms with van der Waals surface area (Å²) in [7, 11) is 0.